The van der Waals surface area contributed by atoms with E-state index in [1.807, 2.05) is 20.2 Å². The molecule has 14 heavy (non-hydrogen) atoms. The molecule has 0 saturated heterocycles. The van der Waals surface area contributed by atoms with Gasteiger partial charge in [0, 0.05) is 24.7 Å². The van der Waals surface area contributed by atoms with Gasteiger partial charge in [0.05, 0.1) is 6.67 Å². The molecule has 2 rings (SSSR count). The van der Waals surface area contributed by atoms with Gasteiger partial charge < -0.3 is 9.84 Å². The lowest BCUT2D eigenvalue weighted by Crippen LogP contribution is -2.34. The van der Waals surface area contributed by atoms with Gasteiger partial charge in [-0.15, -0.1) is 0 Å². The highest BCUT2D eigenvalue weighted by Crippen LogP contribution is 2.13. The van der Waals surface area contributed by atoms with Gasteiger partial charge in [-0.25, -0.2) is 0 Å². The van der Waals surface area contributed by atoms with Crippen LogP contribution in [0.2, 0.25) is 0 Å². The minimum absolute atomic E-state index is 0.689. The van der Waals surface area contributed by atoms with E-state index in [0.29, 0.717) is 11.7 Å². The second-order valence-corrected chi connectivity index (χ2v) is 3.41. The molecule has 5 heteroatoms. The predicted molar refractivity (Wildman–Crippen MR) is 52.3 cm³/mol. The van der Waals surface area contributed by atoms with E-state index in [2.05, 4.69) is 20.4 Å². The number of hydrogen-bond donors (Lipinski definition) is 1. The van der Waals surface area contributed by atoms with Crippen LogP contribution in [0.5, 0.6) is 0 Å². The lowest BCUT2D eigenvalue weighted by Gasteiger charge is -2.22. The predicted octanol–water partition coefficient (Wildman–Crippen LogP) is 0.465. The molecule has 0 aromatic carbocycles. The summed E-state index contributed by atoms with van der Waals surface area (Å²) in [6.45, 7) is 3.72. The molecule has 0 aliphatic carbocycles. The molecular formula is C9H14N4O. The van der Waals surface area contributed by atoms with E-state index in [4.69, 9.17) is 4.52 Å². The number of nitrogens with one attached hydrogen (secondary N) is 1. The summed E-state index contributed by atoms with van der Waals surface area (Å²) in [4.78, 5) is 6.42. The van der Waals surface area contributed by atoms with E-state index in [-0.39, 0.29) is 0 Å². The zero-order valence-electron chi connectivity index (χ0n) is 8.45. The summed E-state index contributed by atoms with van der Waals surface area (Å²) in [5.74, 6) is 1.38. The summed E-state index contributed by atoms with van der Waals surface area (Å²) in [5, 5.41) is 7.08. The van der Waals surface area contributed by atoms with Crippen molar-refractivity contribution in [2.75, 3.05) is 20.3 Å². The van der Waals surface area contributed by atoms with Gasteiger partial charge in [0.15, 0.2) is 0 Å². The van der Waals surface area contributed by atoms with Gasteiger partial charge >= 0.3 is 0 Å². The third-order valence-electron chi connectivity index (χ3n) is 2.14. The second-order valence-electron chi connectivity index (χ2n) is 3.41. The summed E-state index contributed by atoms with van der Waals surface area (Å²) >= 11 is 0. The van der Waals surface area contributed by atoms with Crippen LogP contribution in [0.25, 0.3) is 5.57 Å². The molecule has 0 amide bonds. The Kier molecular flexibility index (Phi) is 2.49. The summed E-state index contributed by atoms with van der Waals surface area (Å²) in [6, 6.07) is 0. The van der Waals surface area contributed by atoms with Crippen LogP contribution in [-0.2, 0) is 6.42 Å². The minimum Gasteiger partial charge on any atom is -0.378 e. The lowest BCUT2D eigenvalue weighted by molar-refractivity contribution is 0.346. The van der Waals surface area contributed by atoms with Crippen LogP contribution in [-0.4, -0.2) is 35.3 Å². The van der Waals surface area contributed by atoms with Gasteiger partial charge in [-0.2, -0.15) is 4.98 Å². The fourth-order valence-electron chi connectivity index (χ4n) is 1.38. The average molecular weight is 194 g/mol. The maximum absolute atomic E-state index is 5.05. The van der Waals surface area contributed by atoms with Gasteiger partial charge in [-0.1, -0.05) is 12.1 Å². The molecule has 5 nitrogen and oxygen atoms in total. The maximum Gasteiger partial charge on any atom is 0.226 e. The number of likely N-dealkylation sites (N-methyl/N-ethyl adjacent to an activating group) is 1. The van der Waals surface area contributed by atoms with Crippen molar-refractivity contribution in [3.05, 3.63) is 17.9 Å². The Morgan fingerprint density at radius 1 is 1.64 bits per heavy atom. The third kappa shape index (κ3) is 1.77. The summed E-state index contributed by atoms with van der Waals surface area (Å²) in [7, 11) is 2.04. The molecule has 76 valence electrons. The molecule has 1 aromatic heterocycles. The van der Waals surface area contributed by atoms with Crippen molar-refractivity contribution in [2.45, 2.75) is 13.3 Å². The van der Waals surface area contributed by atoms with E-state index in [1.54, 1.807) is 0 Å². The van der Waals surface area contributed by atoms with Crippen molar-refractivity contribution >= 4 is 5.57 Å². The zero-order valence-corrected chi connectivity index (χ0v) is 8.45. The number of rotatable bonds is 2. The number of nitrogens with zero attached hydrogens (tertiary/aromatic N) is 3. The minimum atomic E-state index is 0.689. The Morgan fingerprint density at radius 2 is 2.50 bits per heavy atom. The first-order chi connectivity index (χ1) is 6.79. The van der Waals surface area contributed by atoms with Gasteiger partial charge in [0.2, 0.25) is 11.7 Å². The Hall–Kier alpha value is -1.36. The van der Waals surface area contributed by atoms with Crippen LogP contribution >= 0.6 is 0 Å². The van der Waals surface area contributed by atoms with E-state index >= 15 is 0 Å². The van der Waals surface area contributed by atoms with Gasteiger partial charge in [-0.3, -0.25) is 4.90 Å². The van der Waals surface area contributed by atoms with Crippen molar-refractivity contribution in [1.82, 2.24) is 20.4 Å². The fraction of sp³-hybridized carbons (Fsp3) is 0.556. The zero-order chi connectivity index (χ0) is 9.97. The molecule has 1 aliphatic heterocycles. The van der Waals surface area contributed by atoms with Gasteiger partial charge in [0.25, 0.3) is 0 Å². The average Bonchev–Trinajstić information content (AvgIpc) is 2.66. The normalized spacial score (nSPS) is 17.7. The van der Waals surface area contributed by atoms with E-state index in [0.717, 1.165) is 25.2 Å². The lowest BCUT2D eigenvalue weighted by atomic mass is 10.2. The molecule has 0 spiro atoms. The van der Waals surface area contributed by atoms with Crippen molar-refractivity contribution in [2.24, 2.45) is 0 Å². The van der Waals surface area contributed by atoms with E-state index in [9.17, 15) is 0 Å². The number of aromatic nitrogens is 2. The molecule has 0 bridgehead atoms. The molecular weight excluding hydrogens is 180 g/mol. The van der Waals surface area contributed by atoms with Crippen LogP contribution in [0.1, 0.15) is 18.6 Å². The van der Waals surface area contributed by atoms with E-state index in [1.165, 1.54) is 0 Å². The van der Waals surface area contributed by atoms with Crippen LogP contribution in [0, 0.1) is 0 Å². The van der Waals surface area contributed by atoms with Crippen LogP contribution in [0.3, 0.4) is 0 Å². The number of aryl methyl sites for hydroxylation is 1. The summed E-state index contributed by atoms with van der Waals surface area (Å²) in [5.41, 5.74) is 1.07. The maximum atomic E-state index is 5.05. The highest BCUT2D eigenvalue weighted by molar-refractivity contribution is 5.61. The molecule has 2 heterocycles. The van der Waals surface area contributed by atoms with E-state index < -0.39 is 0 Å². The van der Waals surface area contributed by atoms with Crippen molar-refractivity contribution in [3.63, 3.8) is 0 Å². The topological polar surface area (TPSA) is 54.2 Å². The fourth-order valence-corrected chi connectivity index (χ4v) is 1.38. The monoisotopic (exact) mass is 194 g/mol. The quantitative estimate of drug-likeness (QED) is 0.741. The Morgan fingerprint density at radius 3 is 3.14 bits per heavy atom. The summed E-state index contributed by atoms with van der Waals surface area (Å²) in [6.07, 6.45) is 2.73. The Bertz CT molecular complexity index is 344. The molecule has 0 saturated carbocycles. The SMILES string of the molecule is CCc1nc(C2=CNCN(C)C2)no1. The van der Waals surface area contributed by atoms with Gasteiger partial charge in [0.1, 0.15) is 0 Å². The molecule has 0 atom stereocenters. The first kappa shape index (κ1) is 9.21. The van der Waals surface area contributed by atoms with Crippen LogP contribution in [0.15, 0.2) is 10.7 Å². The van der Waals surface area contributed by atoms with Gasteiger partial charge in [-0.05, 0) is 7.05 Å². The molecule has 1 N–H and O–H groups in total. The molecule has 1 aliphatic rings. The Balaban J connectivity index is 2.18. The number of hydrogen-bond acceptors (Lipinski definition) is 5. The highest BCUT2D eigenvalue weighted by atomic mass is 16.5. The second kappa shape index (κ2) is 3.79. The molecule has 0 fully saturated rings. The molecule has 0 radical (unpaired) electrons. The van der Waals surface area contributed by atoms with Crippen molar-refractivity contribution < 1.29 is 4.52 Å². The first-order valence-corrected chi connectivity index (χ1v) is 4.73. The highest BCUT2D eigenvalue weighted by Gasteiger charge is 2.14. The molecule has 0 unspecified atom stereocenters. The molecule has 1 aromatic rings. The Labute approximate surface area is 82.8 Å². The summed E-state index contributed by atoms with van der Waals surface area (Å²) < 4.78 is 5.05. The van der Waals surface area contributed by atoms with Crippen LogP contribution < -0.4 is 5.32 Å². The smallest absolute Gasteiger partial charge is 0.226 e. The van der Waals surface area contributed by atoms with Crippen LogP contribution in [0.4, 0.5) is 0 Å². The standard InChI is InChI=1S/C9H14N4O/c1-3-8-11-9(12-14-8)7-4-10-6-13(2)5-7/h4,10H,3,5-6H2,1-2H3. The van der Waals surface area contributed by atoms with Crippen molar-refractivity contribution in [3.8, 4) is 0 Å². The largest absolute Gasteiger partial charge is 0.378 e. The third-order valence-corrected chi connectivity index (χ3v) is 2.14. The first-order valence-electron chi connectivity index (χ1n) is 4.73. The van der Waals surface area contributed by atoms with Crippen molar-refractivity contribution in [1.29, 1.82) is 0 Å².